The van der Waals surface area contributed by atoms with Gasteiger partial charge in [-0.05, 0) is 36.7 Å². The van der Waals surface area contributed by atoms with Crippen molar-refractivity contribution in [2.45, 2.75) is 13.0 Å². The second-order valence-corrected chi connectivity index (χ2v) is 10.4. The summed E-state index contributed by atoms with van der Waals surface area (Å²) in [6, 6.07) is 4.61. The molecule has 1 aliphatic rings. The van der Waals surface area contributed by atoms with E-state index in [1.165, 1.54) is 25.3 Å². The van der Waals surface area contributed by atoms with Crippen LogP contribution in [0.25, 0.3) is 6.08 Å². The summed E-state index contributed by atoms with van der Waals surface area (Å²) in [7, 11) is -6.74. The Hall–Kier alpha value is -1.38. The zero-order chi connectivity index (χ0) is 24.4. The summed E-state index contributed by atoms with van der Waals surface area (Å²) >= 11 is 0. The molecule has 1 amide bonds. The smallest absolute Gasteiger partial charge is 0.503 e. The number of nitrogens with one attached hydrogen (secondary N) is 1. The molecule has 0 aliphatic carbocycles. The molecule has 13 nitrogen and oxygen atoms in total. The second-order valence-electron chi connectivity index (χ2n) is 6.93. The number of sulfonamides is 1. The summed E-state index contributed by atoms with van der Waals surface area (Å²) in [5, 5.41) is 12.4. The first kappa shape index (κ1) is 28.8. The van der Waals surface area contributed by atoms with E-state index in [1.807, 2.05) is 0 Å². The monoisotopic (exact) mass is 584 g/mol. The van der Waals surface area contributed by atoms with Crippen molar-refractivity contribution in [2.24, 2.45) is 0 Å². The van der Waals surface area contributed by atoms with E-state index in [-0.39, 0.29) is 77.0 Å². The van der Waals surface area contributed by atoms with Gasteiger partial charge < -0.3 is 39.2 Å². The molecular weight excluding hydrogens is 565 g/mol. The molecule has 178 valence electrons. The van der Waals surface area contributed by atoms with Crippen molar-refractivity contribution in [3.8, 4) is 11.5 Å². The van der Waals surface area contributed by atoms with E-state index in [0.29, 0.717) is 29.1 Å². The number of hydrogen-bond acceptors (Lipinski definition) is 8. The zero-order valence-electron chi connectivity index (χ0n) is 18.2. The first-order valence-electron chi connectivity index (χ1n) is 9.39. The van der Waals surface area contributed by atoms with Gasteiger partial charge in [0.25, 0.3) is 5.91 Å². The molecule has 1 saturated heterocycles. The molecule has 16 heteroatoms. The van der Waals surface area contributed by atoms with E-state index < -0.39 is 46.5 Å². The van der Waals surface area contributed by atoms with Crippen LogP contribution in [-0.4, -0.2) is 53.6 Å². The Kier molecular flexibility index (Phi) is 9.81. The van der Waals surface area contributed by atoms with E-state index in [4.69, 9.17) is 14.5 Å². The van der Waals surface area contributed by atoms with Crippen LogP contribution in [0, 0.1) is 0 Å². The Morgan fingerprint density at radius 1 is 1.38 bits per heavy atom. The quantitative estimate of drug-likeness (QED) is 0.238. The number of hydrogen-bond donors (Lipinski definition) is 4. The number of rotatable bonds is 7. The van der Waals surface area contributed by atoms with Gasteiger partial charge in [0.1, 0.15) is 11.4 Å². The van der Waals surface area contributed by atoms with Gasteiger partial charge >= 0.3 is 65.8 Å². The maximum Gasteiger partial charge on any atom is 1.00 e. The molecule has 0 unspecified atom stereocenters. The van der Waals surface area contributed by atoms with Crippen molar-refractivity contribution in [3.05, 3.63) is 51.2 Å². The first-order valence-corrected chi connectivity index (χ1v) is 12.7. The number of aromatic nitrogens is 2. The number of carbonyl (C=O) groups is 1. The Labute approximate surface area is 243 Å². The first-order chi connectivity index (χ1) is 15.4. The number of amides is 1. The maximum atomic E-state index is 12.6. The summed E-state index contributed by atoms with van der Waals surface area (Å²) in [6.07, 6.45) is 1.48. The molecule has 1 aliphatic heterocycles. The van der Waals surface area contributed by atoms with Crippen LogP contribution in [0.5, 0.6) is 11.5 Å². The number of anilines is 1. The number of ether oxygens (including phenoxy) is 1. The van der Waals surface area contributed by atoms with Gasteiger partial charge in [-0.2, -0.15) is 0 Å². The van der Waals surface area contributed by atoms with Crippen LogP contribution in [0.3, 0.4) is 0 Å². The van der Waals surface area contributed by atoms with Crippen molar-refractivity contribution < 1.29 is 95.6 Å². The number of benzene rings is 1. The Morgan fingerprint density at radius 2 is 2.09 bits per heavy atom. The summed E-state index contributed by atoms with van der Waals surface area (Å²) in [4.78, 5) is 49.8. The number of carbonyl (C=O) groups excluding carboxylic acids is 1. The third-order valence-electron chi connectivity index (χ3n) is 4.57. The molecule has 1 fully saturated rings. The third kappa shape index (κ3) is 7.07. The fourth-order valence-electron chi connectivity index (χ4n) is 3.02. The minimum Gasteiger partial charge on any atom is -0.503 e. The number of aromatic hydroxyl groups is 1. The summed E-state index contributed by atoms with van der Waals surface area (Å²) < 4.78 is 41.2. The molecule has 0 radical (unpaired) electrons. The van der Waals surface area contributed by atoms with Gasteiger partial charge in [0.05, 0.1) is 12.9 Å². The molecule has 0 atom stereocenters. The fourth-order valence-corrected chi connectivity index (χ4v) is 4.83. The summed E-state index contributed by atoms with van der Waals surface area (Å²) in [6.45, 7) is -0.0705. The third-order valence-corrected chi connectivity index (χ3v) is 6.93. The summed E-state index contributed by atoms with van der Waals surface area (Å²) in [5.74, 6) is -1.58. The van der Waals surface area contributed by atoms with Crippen molar-refractivity contribution in [1.29, 1.82) is 0 Å². The van der Waals surface area contributed by atoms with Gasteiger partial charge in [-0.1, -0.05) is 6.07 Å². The average Bonchev–Trinajstić information content (AvgIpc) is 3.10. The molecule has 2 heterocycles. The van der Waals surface area contributed by atoms with Crippen LogP contribution in [0.4, 0.5) is 5.95 Å². The van der Waals surface area contributed by atoms with E-state index >= 15 is 0 Å². The predicted molar refractivity (Wildman–Crippen MR) is 116 cm³/mol. The zero-order valence-corrected chi connectivity index (χ0v) is 24.8. The summed E-state index contributed by atoms with van der Waals surface area (Å²) in [5.41, 5.74) is -1.04. The van der Waals surface area contributed by atoms with Crippen molar-refractivity contribution in [1.82, 2.24) is 15.3 Å². The average molecular weight is 585 g/mol. The Bertz CT molecular complexity index is 1320. The molecule has 3 rings (SSSR count). The van der Waals surface area contributed by atoms with Crippen molar-refractivity contribution in [3.63, 3.8) is 0 Å². The molecule has 2 aromatic rings. The molecule has 34 heavy (non-hydrogen) atoms. The van der Waals surface area contributed by atoms with Crippen LogP contribution in [0.2, 0.25) is 0 Å². The molecule has 0 saturated carbocycles. The Balaban J connectivity index is 0.00000408. The minimum absolute atomic E-state index is 0. The number of nitrogens with zero attached hydrogens (tertiary/aromatic N) is 3. The van der Waals surface area contributed by atoms with Crippen LogP contribution in [0.1, 0.15) is 28.0 Å². The van der Waals surface area contributed by atoms with Crippen LogP contribution in [-0.2, 0) is 21.1 Å². The molecule has 0 spiro atoms. The van der Waals surface area contributed by atoms with E-state index in [1.54, 1.807) is 6.07 Å². The molecular formula is C18H20N4O9PRbS. The van der Waals surface area contributed by atoms with E-state index in [9.17, 15) is 27.7 Å². The fraction of sp³-hybridized carbons (Fsp3) is 0.278. The van der Waals surface area contributed by atoms with E-state index in [2.05, 4.69) is 15.3 Å². The van der Waals surface area contributed by atoms with Gasteiger partial charge in [0.15, 0.2) is 15.8 Å². The number of methoxy groups -OCH3 is 1. The van der Waals surface area contributed by atoms with Crippen LogP contribution >= 0.6 is 7.60 Å². The maximum absolute atomic E-state index is 12.6. The van der Waals surface area contributed by atoms with Crippen molar-refractivity contribution in [2.75, 3.05) is 23.7 Å². The molecule has 4 N–H and O–H groups in total. The molecule has 1 aromatic carbocycles. The van der Waals surface area contributed by atoms with Gasteiger partial charge in [-0.3, -0.25) is 14.2 Å². The normalized spacial score (nSPS) is 15.2. The van der Waals surface area contributed by atoms with Crippen LogP contribution in [0.15, 0.2) is 28.8 Å². The molecule has 0 bridgehead atoms. The second kappa shape index (κ2) is 11.6. The van der Waals surface area contributed by atoms with Gasteiger partial charge in [-0.15, -0.1) is 0 Å². The van der Waals surface area contributed by atoms with E-state index in [0.717, 1.165) is 4.31 Å². The van der Waals surface area contributed by atoms with Gasteiger partial charge in [0.2, 0.25) is 5.56 Å². The predicted octanol–water partition coefficient (Wildman–Crippen LogP) is -3.26. The Morgan fingerprint density at radius 3 is 2.68 bits per heavy atom. The largest absolute Gasteiger partial charge is 1.00 e. The van der Waals surface area contributed by atoms with Gasteiger partial charge in [0, 0.05) is 23.9 Å². The van der Waals surface area contributed by atoms with Crippen molar-refractivity contribution >= 4 is 35.6 Å². The molecule has 1 aromatic heterocycles. The van der Waals surface area contributed by atoms with Crippen LogP contribution < -0.4 is 83.1 Å². The standard InChI is InChI=1S/C18H21N4O9PS.Rb/c1-31-13-4-3-11(9-12(13)5-7-32(26,27)28)10-19-16(24)14-15(23)17(25)21-18(20-14)22-6-2-8-33(22,29)30;/h3-5,7,9H,2,6,8,10H2,1H3,(H5,19,20,21,23,24,25,26,27,28);/q;+1/p-1/b7-5+;. The minimum atomic E-state index is -4.41. The van der Waals surface area contributed by atoms with Gasteiger partial charge in [-0.25, -0.2) is 8.42 Å². The topological polar surface area (TPSA) is 198 Å². The SMILES string of the molecule is COc1ccc(CNC(=O)c2nc(N3CCCS3(=O)=O)[n-]c(=O)c2O)cc1/C=C/P(=O)(O)O.[Rb+].